The second-order valence-corrected chi connectivity index (χ2v) is 5.51. The van der Waals surface area contributed by atoms with Gasteiger partial charge in [0, 0.05) is 13.1 Å². The van der Waals surface area contributed by atoms with Gasteiger partial charge in [0.2, 0.25) is 0 Å². The number of fused-ring (bicyclic) bond motifs is 1. The minimum absolute atomic E-state index is 0.227. The molecule has 20 heavy (non-hydrogen) atoms. The Hall–Kier alpha value is -2.04. The minimum Gasteiger partial charge on any atom is -0.478 e. The van der Waals surface area contributed by atoms with Gasteiger partial charge in [-0.25, -0.2) is 4.79 Å². The molecule has 2 heterocycles. The molecule has 1 aromatic carbocycles. The number of anilines is 1. The van der Waals surface area contributed by atoms with Crippen molar-refractivity contribution in [1.82, 2.24) is 4.98 Å². The van der Waals surface area contributed by atoms with E-state index in [1.165, 1.54) is 12.5 Å². The average Bonchev–Trinajstić information content (AvgIpc) is 2.73. The Balaban J connectivity index is 1.90. The maximum Gasteiger partial charge on any atom is 0.335 e. The van der Waals surface area contributed by atoms with E-state index < -0.39 is 5.97 Å². The number of oxazole rings is 1. The minimum atomic E-state index is -0.951. The highest BCUT2D eigenvalue weighted by atomic mass is 16.4. The molecule has 1 saturated heterocycles. The third-order valence-corrected chi connectivity index (χ3v) is 3.91. The molecule has 1 aliphatic rings. The van der Waals surface area contributed by atoms with Gasteiger partial charge in [-0.3, -0.25) is 0 Å². The van der Waals surface area contributed by atoms with Crippen molar-refractivity contribution in [2.24, 2.45) is 5.92 Å². The first-order valence-corrected chi connectivity index (χ1v) is 7.02. The fourth-order valence-electron chi connectivity index (χ4n) is 2.64. The van der Waals surface area contributed by atoms with Crippen LogP contribution < -0.4 is 4.90 Å². The van der Waals surface area contributed by atoms with Crippen LogP contribution in [-0.4, -0.2) is 29.1 Å². The lowest BCUT2D eigenvalue weighted by Gasteiger charge is -2.17. The van der Waals surface area contributed by atoms with E-state index in [1.54, 1.807) is 12.1 Å². The van der Waals surface area contributed by atoms with Gasteiger partial charge >= 0.3 is 5.97 Å². The summed E-state index contributed by atoms with van der Waals surface area (Å²) in [4.78, 5) is 17.6. The van der Waals surface area contributed by atoms with Crippen molar-refractivity contribution in [3.05, 3.63) is 23.8 Å². The molecule has 5 nitrogen and oxygen atoms in total. The first kappa shape index (κ1) is 13.0. The quantitative estimate of drug-likeness (QED) is 0.911. The Morgan fingerprint density at radius 2 is 2.25 bits per heavy atom. The number of rotatable bonds is 2. The number of carbonyl (C=O) groups is 1. The molecule has 1 atom stereocenters. The van der Waals surface area contributed by atoms with Gasteiger partial charge in [-0.2, -0.15) is 4.98 Å². The average molecular weight is 274 g/mol. The molecule has 0 saturated carbocycles. The van der Waals surface area contributed by atoms with E-state index in [0.29, 0.717) is 17.1 Å². The van der Waals surface area contributed by atoms with Gasteiger partial charge < -0.3 is 14.4 Å². The number of carboxylic acid groups (broad SMARTS) is 1. The summed E-state index contributed by atoms with van der Waals surface area (Å²) in [6.45, 7) is 4.16. The van der Waals surface area contributed by atoms with Gasteiger partial charge in [-0.15, -0.1) is 0 Å². The van der Waals surface area contributed by atoms with Crippen molar-refractivity contribution in [1.29, 1.82) is 0 Å². The van der Waals surface area contributed by atoms with Crippen LogP contribution in [0.2, 0.25) is 0 Å². The highest BCUT2D eigenvalue weighted by molar-refractivity contribution is 5.92. The SMILES string of the molecule is CC1CCCN(c2nc3ccc(C(=O)O)cc3o2)CC1. The number of hydrogen-bond donors (Lipinski definition) is 1. The third-order valence-electron chi connectivity index (χ3n) is 3.91. The normalized spacial score (nSPS) is 20.1. The summed E-state index contributed by atoms with van der Waals surface area (Å²) < 4.78 is 5.74. The smallest absolute Gasteiger partial charge is 0.335 e. The van der Waals surface area contributed by atoms with E-state index in [1.807, 2.05) is 0 Å². The van der Waals surface area contributed by atoms with Gasteiger partial charge in [0.25, 0.3) is 6.01 Å². The summed E-state index contributed by atoms with van der Waals surface area (Å²) in [6.07, 6.45) is 3.51. The van der Waals surface area contributed by atoms with Crippen LogP contribution in [0.3, 0.4) is 0 Å². The van der Waals surface area contributed by atoms with Crippen LogP contribution in [0.5, 0.6) is 0 Å². The Bertz CT molecular complexity index is 635. The monoisotopic (exact) mass is 274 g/mol. The van der Waals surface area contributed by atoms with Crippen molar-refractivity contribution in [2.75, 3.05) is 18.0 Å². The predicted octanol–water partition coefficient (Wildman–Crippen LogP) is 3.15. The summed E-state index contributed by atoms with van der Waals surface area (Å²) in [6, 6.07) is 5.40. The molecular weight excluding hydrogens is 256 g/mol. The molecule has 106 valence electrons. The zero-order valence-corrected chi connectivity index (χ0v) is 11.5. The molecule has 3 rings (SSSR count). The van der Waals surface area contributed by atoms with E-state index in [9.17, 15) is 4.79 Å². The molecule has 1 fully saturated rings. The molecule has 0 spiro atoms. The number of aromatic carboxylic acids is 1. The Morgan fingerprint density at radius 1 is 1.40 bits per heavy atom. The van der Waals surface area contributed by atoms with Crippen molar-refractivity contribution < 1.29 is 14.3 Å². The second-order valence-electron chi connectivity index (χ2n) is 5.51. The molecule has 0 bridgehead atoms. The highest BCUT2D eigenvalue weighted by Crippen LogP contribution is 2.26. The molecule has 0 radical (unpaired) electrons. The van der Waals surface area contributed by atoms with Crippen LogP contribution >= 0.6 is 0 Å². The third kappa shape index (κ3) is 2.48. The van der Waals surface area contributed by atoms with Crippen LogP contribution in [0, 0.1) is 5.92 Å². The topological polar surface area (TPSA) is 66.6 Å². The molecule has 0 amide bonds. The van der Waals surface area contributed by atoms with Crippen molar-refractivity contribution >= 4 is 23.1 Å². The number of benzene rings is 1. The summed E-state index contributed by atoms with van der Waals surface area (Å²) >= 11 is 0. The van der Waals surface area contributed by atoms with E-state index in [-0.39, 0.29) is 5.56 Å². The highest BCUT2D eigenvalue weighted by Gasteiger charge is 2.19. The number of carboxylic acids is 1. The van der Waals surface area contributed by atoms with E-state index in [0.717, 1.165) is 31.8 Å². The Labute approximate surface area is 117 Å². The summed E-state index contributed by atoms with van der Waals surface area (Å²) in [5, 5.41) is 8.99. The van der Waals surface area contributed by atoms with Gasteiger partial charge in [0.15, 0.2) is 5.58 Å². The van der Waals surface area contributed by atoms with E-state index >= 15 is 0 Å². The lowest BCUT2D eigenvalue weighted by atomic mass is 10.0. The first-order valence-electron chi connectivity index (χ1n) is 7.02. The van der Waals surface area contributed by atoms with Crippen LogP contribution in [0.25, 0.3) is 11.1 Å². The first-order chi connectivity index (χ1) is 9.63. The Morgan fingerprint density at radius 3 is 3.05 bits per heavy atom. The van der Waals surface area contributed by atoms with Gasteiger partial charge in [-0.05, 0) is 43.4 Å². The number of hydrogen-bond acceptors (Lipinski definition) is 4. The van der Waals surface area contributed by atoms with Crippen LogP contribution in [0.4, 0.5) is 6.01 Å². The Kier molecular flexibility index (Phi) is 3.34. The molecule has 1 aromatic heterocycles. The number of aromatic nitrogens is 1. The van der Waals surface area contributed by atoms with Crippen LogP contribution in [0.1, 0.15) is 36.5 Å². The summed E-state index contributed by atoms with van der Waals surface area (Å²) in [5.41, 5.74) is 1.48. The van der Waals surface area contributed by atoms with Gasteiger partial charge in [0.1, 0.15) is 5.52 Å². The predicted molar refractivity (Wildman–Crippen MR) is 76.2 cm³/mol. The lowest BCUT2D eigenvalue weighted by Crippen LogP contribution is -2.24. The lowest BCUT2D eigenvalue weighted by molar-refractivity contribution is 0.0697. The van der Waals surface area contributed by atoms with Gasteiger partial charge in [0.05, 0.1) is 5.56 Å². The second kappa shape index (κ2) is 5.15. The van der Waals surface area contributed by atoms with Crippen molar-refractivity contribution in [3.8, 4) is 0 Å². The molecule has 5 heteroatoms. The van der Waals surface area contributed by atoms with Crippen LogP contribution in [0.15, 0.2) is 22.6 Å². The van der Waals surface area contributed by atoms with Crippen molar-refractivity contribution in [2.45, 2.75) is 26.2 Å². The zero-order chi connectivity index (χ0) is 14.1. The molecule has 1 aliphatic heterocycles. The largest absolute Gasteiger partial charge is 0.478 e. The molecule has 1 unspecified atom stereocenters. The number of nitrogens with zero attached hydrogens (tertiary/aromatic N) is 2. The summed E-state index contributed by atoms with van der Waals surface area (Å²) in [7, 11) is 0. The van der Waals surface area contributed by atoms with Crippen molar-refractivity contribution in [3.63, 3.8) is 0 Å². The molecular formula is C15H18N2O3. The maximum atomic E-state index is 11.0. The molecule has 0 aliphatic carbocycles. The zero-order valence-electron chi connectivity index (χ0n) is 11.5. The van der Waals surface area contributed by atoms with Crippen LogP contribution in [-0.2, 0) is 0 Å². The molecule has 1 N–H and O–H groups in total. The van der Waals surface area contributed by atoms with E-state index in [2.05, 4.69) is 16.8 Å². The fraction of sp³-hybridized carbons (Fsp3) is 0.467. The maximum absolute atomic E-state index is 11.0. The standard InChI is InChI=1S/C15H18N2O3/c1-10-3-2-7-17(8-6-10)15-16-12-5-4-11(14(18)19)9-13(12)20-15/h4-5,9-10H,2-3,6-8H2,1H3,(H,18,19). The van der Waals surface area contributed by atoms with E-state index in [4.69, 9.17) is 9.52 Å². The summed E-state index contributed by atoms with van der Waals surface area (Å²) in [5.74, 6) is -0.212. The molecule has 2 aromatic rings. The van der Waals surface area contributed by atoms with Gasteiger partial charge in [-0.1, -0.05) is 6.92 Å². The fourth-order valence-corrected chi connectivity index (χ4v) is 2.64.